The molecule has 2 aromatic rings. The summed E-state index contributed by atoms with van der Waals surface area (Å²) < 4.78 is 5.35. The van der Waals surface area contributed by atoms with E-state index in [0.717, 1.165) is 6.42 Å². The van der Waals surface area contributed by atoms with Gasteiger partial charge in [-0.3, -0.25) is 0 Å². The van der Waals surface area contributed by atoms with Gasteiger partial charge in [0.25, 0.3) is 0 Å². The molecule has 0 saturated heterocycles. The van der Waals surface area contributed by atoms with E-state index in [0.29, 0.717) is 23.8 Å². The fourth-order valence-corrected chi connectivity index (χ4v) is 2.44. The van der Waals surface area contributed by atoms with Crippen molar-refractivity contribution in [2.45, 2.75) is 12.3 Å². The number of esters is 1. The van der Waals surface area contributed by atoms with Gasteiger partial charge in [0, 0.05) is 11.6 Å². The Bertz CT molecular complexity index is 622. The second-order valence-electron chi connectivity index (χ2n) is 4.82. The van der Waals surface area contributed by atoms with Crippen LogP contribution in [0.1, 0.15) is 27.4 Å². The van der Waals surface area contributed by atoms with Crippen molar-refractivity contribution in [2.75, 3.05) is 12.3 Å². The standard InChI is InChI=1S/C16H15NO2/c17-14-6-3-5-12(9-14)16(18)19-10-13-8-11-4-1-2-7-15(11)13/h1-7,9,13H,8,10,17H2. The Balaban J connectivity index is 1.61. The molecule has 1 aliphatic rings. The summed E-state index contributed by atoms with van der Waals surface area (Å²) in [6.07, 6.45) is 0.986. The number of anilines is 1. The lowest BCUT2D eigenvalue weighted by Crippen LogP contribution is -2.23. The van der Waals surface area contributed by atoms with Crippen LogP contribution in [-0.2, 0) is 11.2 Å². The molecule has 0 aromatic heterocycles. The molecule has 96 valence electrons. The Morgan fingerprint density at radius 3 is 2.84 bits per heavy atom. The molecule has 1 atom stereocenters. The molecule has 2 N–H and O–H groups in total. The highest BCUT2D eigenvalue weighted by Gasteiger charge is 2.26. The summed E-state index contributed by atoms with van der Waals surface area (Å²) in [5.41, 5.74) is 9.37. The highest BCUT2D eigenvalue weighted by Crippen LogP contribution is 2.34. The van der Waals surface area contributed by atoms with Gasteiger partial charge in [-0.25, -0.2) is 4.79 Å². The van der Waals surface area contributed by atoms with Gasteiger partial charge in [0.2, 0.25) is 0 Å². The maximum atomic E-state index is 11.9. The second-order valence-corrected chi connectivity index (χ2v) is 4.82. The summed E-state index contributed by atoms with van der Waals surface area (Å²) >= 11 is 0. The van der Waals surface area contributed by atoms with Crippen molar-refractivity contribution < 1.29 is 9.53 Å². The number of benzene rings is 2. The van der Waals surface area contributed by atoms with E-state index in [1.807, 2.05) is 12.1 Å². The first-order valence-electron chi connectivity index (χ1n) is 6.34. The zero-order valence-corrected chi connectivity index (χ0v) is 10.5. The van der Waals surface area contributed by atoms with Crippen LogP contribution in [0.25, 0.3) is 0 Å². The molecule has 1 unspecified atom stereocenters. The van der Waals surface area contributed by atoms with Crippen molar-refractivity contribution in [1.29, 1.82) is 0 Å². The lowest BCUT2D eigenvalue weighted by Gasteiger charge is -2.29. The zero-order valence-electron chi connectivity index (χ0n) is 10.5. The molecule has 0 spiro atoms. The maximum absolute atomic E-state index is 11.9. The smallest absolute Gasteiger partial charge is 0.338 e. The molecule has 2 aromatic carbocycles. The normalized spacial score (nSPS) is 16.3. The third-order valence-electron chi connectivity index (χ3n) is 3.50. The van der Waals surface area contributed by atoms with Crippen LogP contribution in [0.2, 0.25) is 0 Å². The first-order chi connectivity index (χ1) is 9.24. The molecule has 1 aliphatic carbocycles. The highest BCUT2D eigenvalue weighted by molar-refractivity contribution is 5.90. The van der Waals surface area contributed by atoms with E-state index in [-0.39, 0.29) is 5.97 Å². The van der Waals surface area contributed by atoms with Gasteiger partial charge in [0.1, 0.15) is 0 Å². The molecule has 0 radical (unpaired) electrons. The predicted octanol–water partition coefficient (Wildman–Crippen LogP) is 2.77. The summed E-state index contributed by atoms with van der Waals surface area (Å²) in [7, 11) is 0. The van der Waals surface area contributed by atoms with E-state index in [1.54, 1.807) is 24.3 Å². The molecule has 0 fully saturated rings. The van der Waals surface area contributed by atoms with Crippen molar-refractivity contribution >= 4 is 11.7 Å². The molecule has 3 rings (SSSR count). The Hall–Kier alpha value is -2.29. The van der Waals surface area contributed by atoms with Crippen LogP contribution in [-0.4, -0.2) is 12.6 Å². The number of fused-ring (bicyclic) bond motifs is 1. The number of carbonyl (C=O) groups is 1. The molecular weight excluding hydrogens is 238 g/mol. The van der Waals surface area contributed by atoms with Crippen LogP contribution in [0.5, 0.6) is 0 Å². The van der Waals surface area contributed by atoms with Gasteiger partial charge in [-0.05, 0) is 35.7 Å². The van der Waals surface area contributed by atoms with E-state index in [2.05, 4.69) is 12.1 Å². The minimum absolute atomic E-state index is 0.309. The molecule has 19 heavy (non-hydrogen) atoms. The van der Waals surface area contributed by atoms with E-state index in [4.69, 9.17) is 10.5 Å². The number of nitrogens with two attached hydrogens (primary N) is 1. The van der Waals surface area contributed by atoms with E-state index < -0.39 is 0 Å². The summed E-state index contributed by atoms with van der Waals surface area (Å²) in [4.78, 5) is 11.9. The molecule has 0 heterocycles. The van der Waals surface area contributed by atoms with Crippen LogP contribution >= 0.6 is 0 Å². The van der Waals surface area contributed by atoms with Gasteiger partial charge in [-0.15, -0.1) is 0 Å². The van der Waals surface area contributed by atoms with E-state index in [1.165, 1.54) is 11.1 Å². The Kier molecular flexibility index (Phi) is 2.95. The van der Waals surface area contributed by atoms with E-state index in [9.17, 15) is 4.79 Å². The first kappa shape index (κ1) is 11.8. The van der Waals surface area contributed by atoms with Crippen molar-refractivity contribution in [1.82, 2.24) is 0 Å². The van der Waals surface area contributed by atoms with Crippen molar-refractivity contribution in [3.05, 3.63) is 65.2 Å². The lowest BCUT2D eigenvalue weighted by atomic mass is 9.78. The van der Waals surface area contributed by atoms with Gasteiger partial charge < -0.3 is 10.5 Å². The van der Waals surface area contributed by atoms with Crippen molar-refractivity contribution in [3.8, 4) is 0 Å². The van der Waals surface area contributed by atoms with Crippen LogP contribution in [0.4, 0.5) is 5.69 Å². The Labute approximate surface area is 112 Å². The van der Waals surface area contributed by atoms with Crippen LogP contribution < -0.4 is 5.73 Å². The van der Waals surface area contributed by atoms with Crippen molar-refractivity contribution in [3.63, 3.8) is 0 Å². The van der Waals surface area contributed by atoms with Gasteiger partial charge in [0.05, 0.1) is 12.2 Å². The molecule has 3 heteroatoms. The van der Waals surface area contributed by atoms with Crippen LogP contribution in [0.15, 0.2) is 48.5 Å². The average Bonchev–Trinajstić information content (AvgIpc) is 2.39. The largest absolute Gasteiger partial charge is 0.461 e. The Morgan fingerprint density at radius 2 is 2.05 bits per heavy atom. The minimum atomic E-state index is -0.309. The monoisotopic (exact) mass is 253 g/mol. The van der Waals surface area contributed by atoms with Crippen LogP contribution in [0.3, 0.4) is 0 Å². The van der Waals surface area contributed by atoms with Gasteiger partial charge in [-0.2, -0.15) is 0 Å². The van der Waals surface area contributed by atoms with Crippen LogP contribution in [0, 0.1) is 0 Å². The number of hydrogen-bond donors (Lipinski definition) is 1. The summed E-state index contributed by atoms with van der Waals surface area (Å²) in [5, 5.41) is 0. The number of rotatable bonds is 3. The summed E-state index contributed by atoms with van der Waals surface area (Å²) in [6, 6.07) is 15.1. The molecule has 0 aliphatic heterocycles. The molecular formula is C16H15NO2. The number of nitrogen functional groups attached to an aromatic ring is 1. The molecule has 3 nitrogen and oxygen atoms in total. The minimum Gasteiger partial charge on any atom is -0.461 e. The first-order valence-corrected chi connectivity index (χ1v) is 6.34. The van der Waals surface area contributed by atoms with E-state index >= 15 is 0 Å². The van der Waals surface area contributed by atoms with Gasteiger partial charge in [0.15, 0.2) is 0 Å². The molecule has 0 bridgehead atoms. The number of hydrogen-bond acceptors (Lipinski definition) is 3. The lowest BCUT2D eigenvalue weighted by molar-refractivity contribution is 0.0469. The third-order valence-corrected chi connectivity index (χ3v) is 3.50. The van der Waals surface area contributed by atoms with Crippen molar-refractivity contribution in [2.24, 2.45) is 0 Å². The van der Waals surface area contributed by atoms with Gasteiger partial charge >= 0.3 is 5.97 Å². The highest BCUT2D eigenvalue weighted by atomic mass is 16.5. The number of carbonyl (C=O) groups excluding carboxylic acids is 1. The zero-order chi connectivity index (χ0) is 13.2. The fraction of sp³-hybridized carbons (Fsp3) is 0.188. The molecule has 0 saturated carbocycles. The quantitative estimate of drug-likeness (QED) is 0.676. The third kappa shape index (κ3) is 2.32. The summed E-state index contributed by atoms with van der Waals surface area (Å²) in [5.74, 6) is 0.0258. The number of ether oxygens (including phenoxy) is 1. The molecule has 0 amide bonds. The maximum Gasteiger partial charge on any atom is 0.338 e. The predicted molar refractivity (Wildman–Crippen MR) is 74.0 cm³/mol. The Morgan fingerprint density at radius 1 is 1.21 bits per heavy atom. The topological polar surface area (TPSA) is 52.3 Å². The SMILES string of the molecule is Nc1cccc(C(=O)OCC2Cc3ccccc32)c1. The second kappa shape index (κ2) is 4.76. The van der Waals surface area contributed by atoms with Gasteiger partial charge in [-0.1, -0.05) is 30.3 Å². The average molecular weight is 253 g/mol. The summed E-state index contributed by atoms with van der Waals surface area (Å²) in [6.45, 7) is 0.435. The fourth-order valence-electron chi connectivity index (χ4n) is 2.44.